The number of aliphatic hydroxyl groups is 1. The Bertz CT molecular complexity index is 493. The van der Waals surface area contributed by atoms with Gasteiger partial charge in [-0.3, -0.25) is 0 Å². The molecule has 1 saturated heterocycles. The van der Waals surface area contributed by atoms with Gasteiger partial charge in [-0.25, -0.2) is 4.79 Å². The number of hydrogen-bond acceptors (Lipinski definition) is 3. The van der Waals surface area contributed by atoms with Crippen LogP contribution in [0.2, 0.25) is 0 Å². The van der Waals surface area contributed by atoms with E-state index in [4.69, 9.17) is 4.74 Å². The van der Waals surface area contributed by atoms with E-state index in [0.29, 0.717) is 13.1 Å². The van der Waals surface area contributed by atoms with Crippen LogP contribution in [0.5, 0.6) is 0 Å². The number of aliphatic hydroxyl groups excluding tert-OH is 1. The third-order valence-corrected chi connectivity index (χ3v) is 4.18. The first-order chi connectivity index (χ1) is 11.0. The number of carbonyl (C=O) groups excluding carboxylic acids is 1. The third-order valence-electron chi connectivity index (χ3n) is 4.18. The summed E-state index contributed by atoms with van der Waals surface area (Å²) in [6.45, 7) is 6.89. The van der Waals surface area contributed by atoms with E-state index in [0.717, 1.165) is 18.4 Å². The Hall–Kier alpha value is -1.59. The van der Waals surface area contributed by atoms with Crippen LogP contribution in [0.25, 0.3) is 0 Å². The van der Waals surface area contributed by atoms with E-state index in [1.54, 1.807) is 4.90 Å². The highest BCUT2D eigenvalue weighted by Crippen LogP contribution is 2.19. The van der Waals surface area contributed by atoms with Crippen LogP contribution in [0.3, 0.4) is 0 Å². The summed E-state index contributed by atoms with van der Waals surface area (Å²) < 4.78 is 5.71. The zero-order chi connectivity index (χ0) is 16.8. The summed E-state index contributed by atoms with van der Waals surface area (Å²) >= 11 is 0. The highest BCUT2D eigenvalue weighted by atomic mass is 16.5. The molecule has 1 fully saturated rings. The Morgan fingerprint density at radius 1 is 1.26 bits per heavy atom. The molecule has 2 rings (SSSR count). The molecule has 5 heteroatoms. The van der Waals surface area contributed by atoms with Crippen molar-refractivity contribution in [2.45, 2.75) is 58.4 Å². The SMILES string of the molecule is Cc1ccc(CN(CCO)C(=O)NC2CC(C)OC(C)C2)cc1. The number of urea groups is 1. The van der Waals surface area contributed by atoms with Gasteiger partial charge in [-0.2, -0.15) is 0 Å². The average molecular weight is 320 g/mol. The Morgan fingerprint density at radius 3 is 2.43 bits per heavy atom. The molecule has 0 radical (unpaired) electrons. The normalized spacial score (nSPS) is 24.3. The first-order valence-corrected chi connectivity index (χ1v) is 8.35. The fourth-order valence-corrected chi connectivity index (χ4v) is 3.08. The quantitative estimate of drug-likeness (QED) is 0.876. The molecule has 2 amide bonds. The van der Waals surface area contributed by atoms with E-state index in [9.17, 15) is 9.90 Å². The fourth-order valence-electron chi connectivity index (χ4n) is 3.08. The Balaban J connectivity index is 1.96. The maximum absolute atomic E-state index is 12.5. The van der Waals surface area contributed by atoms with Gasteiger partial charge in [0.1, 0.15) is 0 Å². The Kier molecular flexibility index (Phi) is 6.42. The van der Waals surface area contributed by atoms with Crippen LogP contribution in [0.4, 0.5) is 4.79 Å². The number of rotatable bonds is 5. The molecule has 5 nitrogen and oxygen atoms in total. The number of ether oxygens (including phenoxy) is 1. The second-order valence-electron chi connectivity index (χ2n) is 6.51. The first kappa shape index (κ1) is 17.8. The summed E-state index contributed by atoms with van der Waals surface area (Å²) in [5.41, 5.74) is 2.25. The lowest BCUT2D eigenvalue weighted by molar-refractivity contribution is -0.0408. The van der Waals surface area contributed by atoms with Gasteiger partial charge in [0.05, 0.1) is 18.8 Å². The van der Waals surface area contributed by atoms with Crippen LogP contribution in [-0.2, 0) is 11.3 Å². The van der Waals surface area contributed by atoms with E-state index >= 15 is 0 Å². The van der Waals surface area contributed by atoms with Crippen LogP contribution >= 0.6 is 0 Å². The molecule has 128 valence electrons. The van der Waals surface area contributed by atoms with Crippen molar-refractivity contribution in [3.8, 4) is 0 Å². The van der Waals surface area contributed by atoms with Gasteiger partial charge in [0, 0.05) is 19.1 Å². The number of carbonyl (C=O) groups is 1. The highest BCUT2D eigenvalue weighted by molar-refractivity contribution is 5.74. The minimum atomic E-state index is -0.120. The van der Waals surface area contributed by atoms with Crippen LogP contribution < -0.4 is 5.32 Å². The molecule has 0 bridgehead atoms. The third kappa shape index (κ3) is 5.52. The van der Waals surface area contributed by atoms with Gasteiger partial charge in [0.2, 0.25) is 0 Å². The van der Waals surface area contributed by atoms with Crippen molar-refractivity contribution in [1.82, 2.24) is 10.2 Å². The van der Waals surface area contributed by atoms with E-state index < -0.39 is 0 Å². The zero-order valence-electron chi connectivity index (χ0n) is 14.3. The number of hydrogen-bond donors (Lipinski definition) is 2. The molecule has 1 heterocycles. The van der Waals surface area contributed by atoms with Crippen molar-refractivity contribution < 1.29 is 14.6 Å². The molecule has 23 heavy (non-hydrogen) atoms. The van der Waals surface area contributed by atoms with Crippen LogP contribution in [0.1, 0.15) is 37.8 Å². The van der Waals surface area contributed by atoms with Crippen molar-refractivity contribution in [2.24, 2.45) is 0 Å². The van der Waals surface area contributed by atoms with Crippen molar-refractivity contribution in [2.75, 3.05) is 13.2 Å². The van der Waals surface area contributed by atoms with E-state index in [2.05, 4.69) is 5.32 Å². The van der Waals surface area contributed by atoms with Gasteiger partial charge in [-0.1, -0.05) is 29.8 Å². The molecule has 0 aliphatic carbocycles. The van der Waals surface area contributed by atoms with Gasteiger partial charge in [0.25, 0.3) is 0 Å². The molecule has 2 atom stereocenters. The van der Waals surface area contributed by atoms with Crippen molar-refractivity contribution in [3.05, 3.63) is 35.4 Å². The predicted octanol–water partition coefficient (Wildman–Crippen LogP) is 2.45. The summed E-state index contributed by atoms with van der Waals surface area (Å²) in [5.74, 6) is 0. The first-order valence-electron chi connectivity index (χ1n) is 8.35. The van der Waals surface area contributed by atoms with Gasteiger partial charge in [-0.15, -0.1) is 0 Å². The van der Waals surface area contributed by atoms with Crippen LogP contribution in [0.15, 0.2) is 24.3 Å². The molecular weight excluding hydrogens is 292 g/mol. The molecule has 1 aliphatic rings. The molecular formula is C18H28N2O3. The van der Waals surface area contributed by atoms with Gasteiger partial charge in [-0.05, 0) is 39.2 Å². The molecule has 0 spiro atoms. The molecule has 2 unspecified atom stereocenters. The maximum atomic E-state index is 12.5. The highest BCUT2D eigenvalue weighted by Gasteiger charge is 2.27. The van der Waals surface area contributed by atoms with Crippen molar-refractivity contribution >= 4 is 6.03 Å². The molecule has 1 aliphatic heterocycles. The fraction of sp³-hybridized carbons (Fsp3) is 0.611. The van der Waals surface area contributed by atoms with Crippen molar-refractivity contribution in [3.63, 3.8) is 0 Å². The number of nitrogens with one attached hydrogen (secondary N) is 1. The average Bonchev–Trinajstić information content (AvgIpc) is 2.48. The zero-order valence-corrected chi connectivity index (χ0v) is 14.3. The van der Waals surface area contributed by atoms with Crippen LogP contribution in [0, 0.1) is 6.92 Å². The van der Waals surface area contributed by atoms with Gasteiger partial charge in [0.15, 0.2) is 0 Å². The Morgan fingerprint density at radius 2 is 1.87 bits per heavy atom. The molecule has 0 aromatic heterocycles. The number of benzene rings is 1. The lowest BCUT2D eigenvalue weighted by Crippen LogP contribution is -2.49. The standard InChI is InChI=1S/C18H28N2O3/c1-13-4-6-16(7-5-13)12-20(8-9-21)18(22)19-17-10-14(2)23-15(3)11-17/h4-7,14-15,17,21H,8-12H2,1-3H3,(H,19,22). The summed E-state index contributed by atoms with van der Waals surface area (Å²) in [7, 11) is 0. The summed E-state index contributed by atoms with van der Waals surface area (Å²) in [6, 6.07) is 8.11. The number of nitrogens with zero attached hydrogens (tertiary/aromatic N) is 1. The molecule has 2 N–H and O–H groups in total. The maximum Gasteiger partial charge on any atom is 0.317 e. The predicted molar refractivity (Wildman–Crippen MR) is 90.2 cm³/mol. The molecule has 1 aromatic rings. The number of aryl methyl sites for hydroxylation is 1. The van der Waals surface area contributed by atoms with E-state index in [1.165, 1.54) is 5.56 Å². The lowest BCUT2D eigenvalue weighted by atomic mass is 10.00. The molecule has 1 aromatic carbocycles. The summed E-state index contributed by atoms with van der Waals surface area (Å²) in [6.07, 6.45) is 1.97. The van der Waals surface area contributed by atoms with Crippen molar-refractivity contribution in [1.29, 1.82) is 0 Å². The second kappa shape index (κ2) is 8.31. The van der Waals surface area contributed by atoms with Gasteiger partial charge < -0.3 is 20.1 Å². The van der Waals surface area contributed by atoms with Crippen LogP contribution in [-0.4, -0.2) is 47.4 Å². The van der Waals surface area contributed by atoms with E-state index in [-0.39, 0.29) is 30.9 Å². The Labute approximate surface area is 138 Å². The lowest BCUT2D eigenvalue weighted by Gasteiger charge is -2.34. The summed E-state index contributed by atoms with van der Waals surface area (Å²) in [5, 5.41) is 12.3. The second-order valence-corrected chi connectivity index (χ2v) is 6.51. The van der Waals surface area contributed by atoms with E-state index in [1.807, 2.05) is 45.0 Å². The number of amides is 2. The minimum absolute atomic E-state index is 0.0418. The minimum Gasteiger partial charge on any atom is -0.395 e. The molecule has 0 saturated carbocycles. The van der Waals surface area contributed by atoms with Gasteiger partial charge >= 0.3 is 6.03 Å². The smallest absolute Gasteiger partial charge is 0.317 e. The monoisotopic (exact) mass is 320 g/mol. The largest absolute Gasteiger partial charge is 0.395 e. The topological polar surface area (TPSA) is 61.8 Å². The summed E-state index contributed by atoms with van der Waals surface area (Å²) in [4.78, 5) is 14.2.